The molecule has 0 aromatic carbocycles. The molecule has 17 heavy (non-hydrogen) atoms. The number of hydrogen-bond acceptors (Lipinski definition) is 2. The highest BCUT2D eigenvalue weighted by Gasteiger charge is 2.39. The standard InChI is InChI=1S/C11H19BrF3NO/c1-2-6-17-9-4-3-5-16(7-9)8-10(12)11(13,14)15/h9-10H,2-8H2,1H3. The number of hydrogen-bond donors (Lipinski definition) is 0. The lowest BCUT2D eigenvalue weighted by Crippen LogP contribution is -2.45. The Morgan fingerprint density at radius 1 is 1.47 bits per heavy atom. The van der Waals surface area contributed by atoms with Crippen LogP contribution in [0.15, 0.2) is 0 Å². The first-order chi connectivity index (χ1) is 7.93. The van der Waals surface area contributed by atoms with Crippen molar-refractivity contribution in [3.63, 3.8) is 0 Å². The molecule has 2 atom stereocenters. The highest BCUT2D eigenvalue weighted by molar-refractivity contribution is 9.09. The van der Waals surface area contributed by atoms with Gasteiger partial charge < -0.3 is 4.74 Å². The Bertz CT molecular complexity index is 225. The van der Waals surface area contributed by atoms with Crippen LogP contribution in [-0.4, -0.2) is 48.2 Å². The van der Waals surface area contributed by atoms with E-state index in [9.17, 15) is 13.2 Å². The van der Waals surface area contributed by atoms with Gasteiger partial charge in [0.05, 0.1) is 6.10 Å². The van der Waals surface area contributed by atoms with Crippen molar-refractivity contribution >= 4 is 15.9 Å². The van der Waals surface area contributed by atoms with Gasteiger partial charge in [0.1, 0.15) is 4.83 Å². The van der Waals surface area contributed by atoms with Crippen LogP contribution in [0.3, 0.4) is 0 Å². The molecule has 0 saturated carbocycles. The minimum Gasteiger partial charge on any atom is -0.377 e. The average Bonchev–Trinajstić information content (AvgIpc) is 2.25. The van der Waals surface area contributed by atoms with Crippen molar-refractivity contribution in [2.24, 2.45) is 0 Å². The van der Waals surface area contributed by atoms with Crippen LogP contribution in [0.4, 0.5) is 13.2 Å². The zero-order valence-electron chi connectivity index (χ0n) is 9.97. The van der Waals surface area contributed by atoms with E-state index in [2.05, 4.69) is 15.9 Å². The van der Waals surface area contributed by atoms with Crippen molar-refractivity contribution in [3.8, 4) is 0 Å². The van der Waals surface area contributed by atoms with Gasteiger partial charge in [-0.05, 0) is 25.8 Å². The van der Waals surface area contributed by atoms with Gasteiger partial charge in [-0.3, -0.25) is 4.90 Å². The summed E-state index contributed by atoms with van der Waals surface area (Å²) in [6, 6.07) is 0. The van der Waals surface area contributed by atoms with Crippen LogP contribution in [0.5, 0.6) is 0 Å². The topological polar surface area (TPSA) is 12.5 Å². The number of likely N-dealkylation sites (tertiary alicyclic amines) is 1. The van der Waals surface area contributed by atoms with Crippen LogP contribution < -0.4 is 0 Å². The molecule has 2 nitrogen and oxygen atoms in total. The molecule has 0 aliphatic carbocycles. The molecule has 0 bridgehead atoms. The van der Waals surface area contributed by atoms with Gasteiger partial charge >= 0.3 is 6.18 Å². The summed E-state index contributed by atoms with van der Waals surface area (Å²) in [5.74, 6) is 0. The van der Waals surface area contributed by atoms with Crippen molar-refractivity contribution in [3.05, 3.63) is 0 Å². The minimum atomic E-state index is -4.17. The lowest BCUT2D eigenvalue weighted by Gasteiger charge is -2.34. The molecule has 1 aliphatic heterocycles. The zero-order valence-corrected chi connectivity index (χ0v) is 11.6. The Balaban J connectivity index is 2.34. The van der Waals surface area contributed by atoms with Crippen molar-refractivity contribution in [2.75, 3.05) is 26.2 Å². The first-order valence-electron chi connectivity index (χ1n) is 5.98. The van der Waals surface area contributed by atoms with E-state index in [1.165, 1.54) is 0 Å². The van der Waals surface area contributed by atoms with Gasteiger partial charge in [-0.15, -0.1) is 0 Å². The number of ether oxygens (including phenoxy) is 1. The second-order valence-corrected chi connectivity index (χ2v) is 5.51. The average molecular weight is 318 g/mol. The third-order valence-electron chi connectivity index (χ3n) is 2.79. The molecule has 1 fully saturated rings. The molecule has 0 spiro atoms. The third-order valence-corrected chi connectivity index (χ3v) is 3.60. The van der Waals surface area contributed by atoms with Crippen LogP contribution in [-0.2, 0) is 4.74 Å². The predicted octanol–water partition coefficient (Wildman–Crippen LogP) is 3.20. The lowest BCUT2D eigenvalue weighted by atomic mass is 10.1. The highest BCUT2D eigenvalue weighted by atomic mass is 79.9. The smallest absolute Gasteiger partial charge is 0.377 e. The Morgan fingerprint density at radius 2 is 2.18 bits per heavy atom. The third kappa shape index (κ3) is 5.57. The van der Waals surface area contributed by atoms with Crippen molar-refractivity contribution < 1.29 is 17.9 Å². The fourth-order valence-corrected chi connectivity index (χ4v) is 2.34. The fraction of sp³-hybridized carbons (Fsp3) is 1.00. The summed E-state index contributed by atoms with van der Waals surface area (Å²) in [5.41, 5.74) is 0. The van der Waals surface area contributed by atoms with Gasteiger partial charge in [0.2, 0.25) is 0 Å². The second kappa shape index (κ2) is 6.95. The van der Waals surface area contributed by atoms with Crippen LogP contribution >= 0.6 is 15.9 Å². The summed E-state index contributed by atoms with van der Waals surface area (Å²) in [5, 5.41) is 0. The summed E-state index contributed by atoms with van der Waals surface area (Å²) in [7, 11) is 0. The normalized spacial score (nSPS) is 24.9. The van der Waals surface area contributed by atoms with Crippen molar-refractivity contribution in [1.82, 2.24) is 4.90 Å². The van der Waals surface area contributed by atoms with E-state index < -0.39 is 11.0 Å². The molecule has 1 rings (SSSR count). The van der Waals surface area contributed by atoms with E-state index in [1.807, 2.05) is 11.8 Å². The maximum Gasteiger partial charge on any atom is 0.402 e. The number of nitrogens with zero attached hydrogens (tertiary/aromatic N) is 1. The van der Waals surface area contributed by atoms with E-state index >= 15 is 0 Å². The molecule has 6 heteroatoms. The Morgan fingerprint density at radius 3 is 2.76 bits per heavy atom. The van der Waals surface area contributed by atoms with Gasteiger partial charge in [0.15, 0.2) is 0 Å². The largest absolute Gasteiger partial charge is 0.402 e. The Kier molecular flexibility index (Phi) is 6.23. The summed E-state index contributed by atoms with van der Waals surface area (Å²) in [6.45, 7) is 4.06. The number of halogens is 4. The van der Waals surface area contributed by atoms with E-state index in [-0.39, 0.29) is 12.6 Å². The summed E-state index contributed by atoms with van der Waals surface area (Å²) >= 11 is 2.70. The van der Waals surface area contributed by atoms with E-state index in [4.69, 9.17) is 4.74 Å². The number of alkyl halides is 4. The first-order valence-corrected chi connectivity index (χ1v) is 6.89. The zero-order chi connectivity index (χ0) is 12.9. The summed E-state index contributed by atoms with van der Waals surface area (Å²) in [6.07, 6.45) is -1.27. The van der Waals surface area contributed by atoms with Crippen LogP contribution in [0.2, 0.25) is 0 Å². The van der Waals surface area contributed by atoms with E-state index in [1.54, 1.807) is 0 Å². The van der Waals surface area contributed by atoms with Gasteiger partial charge in [-0.2, -0.15) is 13.2 Å². The lowest BCUT2D eigenvalue weighted by molar-refractivity contribution is -0.132. The van der Waals surface area contributed by atoms with Gasteiger partial charge in [-0.1, -0.05) is 22.9 Å². The first kappa shape index (κ1) is 15.2. The Hall–Kier alpha value is 0.190. The monoisotopic (exact) mass is 317 g/mol. The molecule has 0 N–H and O–H groups in total. The predicted molar refractivity (Wildman–Crippen MR) is 64.5 cm³/mol. The summed E-state index contributed by atoms with van der Waals surface area (Å²) in [4.78, 5) is 0.386. The molecule has 1 heterocycles. The number of piperidine rings is 1. The molecule has 1 aliphatic rings. The molecular formula is C11H19BrF3NO. The molecule has 1 saturated heterocycles. The molecule has 0 aromatic heterocycles. The van der Waals surface area contributed by atoms with E-state index in [0.29, 0.717) is 13.2 Å². The SMILES string of the molecule is CCCOC1CCCN(CC(Br)C(F)(F)F)C1. The van der Waals surface area contributed by atoms with E-state index in [0.717, 1.165) is 25.8 Å². The molecule has 0 amide bonds. The molecule has 102 valence electrons. The van der Waals surface area contributed by atoms with Gasteiger partial charge in [0.25, 0.3) is 0 Å². The van der Waals surface area contributed by atoms with Crippen molar-refractivity contribution in [2.45, 2.75) is 43.3 Å². The maximum atomic E-state index is 12.4. The van der Waals surface area contributed by atoms with Crippen LogP contribution in [0, 0.1) is 0 Å². The van der Waals surface area contributed by atoms with Crippen LogP contribution in [0.25, 0.3) is 0 Å². The molecule has 0 aromatic rings. The Labute approximate surface area is 109 Å². The molecular weight excluding hydrogens is 299 g/mol. The molecule has 0 radical (unpaired) electrons. The number of rotatable bonds is 5. The van der Waals surface area contributed by atoms with Crippen LogP contribution in [0.1, 0.15) is 26.2 Å². The second-order valence-electron chi connectivity index (χ2n) is 4.40. The maximum absolute atomic E-state index is 12.4. The minimum absolute atomic E-state index is 0.00941. The highest BCUT2D eigenvalue weighted by Crippen LogP contribution is 2.28. The van der Waals surface area contributed by atoms with Gasteiger partial charge in [-0.25, -0.2) is 0 Å². The molecule has 2 unspecified atom stereocenters. The summed E-state index contributed by atoms with van der Waals surface area (Å²) < 4.78 is 42.8. The van der Waals surface area contributed by atoms with Crippen molar-refractivity contribution in [1.29, 1.82) is 0 Å². The quantitative estimate of drug-likeness (QED) is 0.722. The fourth-order valence-electron chi connectivity index (χ4n) is 1.93. The van der Waals surface area contributed by atoms with Gasteiger partial charge in [0, 0.05) is 19.7 Å².